The van der Waals surface area contributed by atoms with Crippen LogP contribution in [0.2, 0.25) is 0 Å². The fourth-order valence-corrected chi connectivity index (χ4v) is 1.89. The molecular formula is C11H14FN. The maximum absolute atomic E-state index is 14.0. The molecule has 0 aliphatic carbocycles. The van der Waals surface area contributed by atoms with E-state index < -0.39 is 5.67 Å². The Morgan fingerprint density at radius 2 is 2.23 bits per heavy atom. The number of halogens is 1. The van der Waals surface area contributed by atoms with Gasteiger partial charge in [-0.3, -0.25) is 0 Å². The molecule has 1 N–H and O–H groups in total. The summed E-state index contributed by atoms with van der Waals surface area (Å²) in [5.41, 5.74) is 1.76. The molecule has 1 aliphatic rings. The van der Waals surface area contributed by atoms with Gasteiger partial charge in [-0.05, 0) is 19.4 Å². The highest BCUT2D eigenvalue weighted by atomic mass is 19.1. The lowest BCUT2D eigenvalue weighted by Crippen LogP contribution is -2.27. The summed E-state index contributed by atoms with van der Waals surface area (Å²) in [4.78, 5) is 0. The normalized spacial score (nSPS) is 26.4. The zero-order valence-electron chi connectivity index (χ0n) is 8.02. The van der Waals surface area contributed by atoms with Crippen LogP contribution in [0.25, 0.3) is 0 Å². The predicted molar refractivity (Wildman–Crippen MR) is 52.7 cm³/mol. The Labute approximate surface area is 78.0 Å². The lowest BCUT2D eigenvalue weighted by Gasteiger charge is -2.30. The van der Waals surface area contributed by atoms with Crippen molar-refractivity contribution in [3.63, 3.8) is 0 Å². The standard InChI is InChI=1S/C11H14FN/c1-8-4-3-5-9-10(8)13-7-6-11(9,2)12/h3-5,13H,6-7H2,1-2H3. The smallest absolute Gasteiger partial charge is 0.136 e. The van der Waals surface area contributed by atoms with Crippen LogP contribution in [0.1, 0.15) is 24.5 Å². The van der Waals surface area contributed by atoms with Gasteiger partial charge in [-0.1, -0.05) is 18.2 Å². The van der Waals surface area contributed by atoms with Crippen molar-refractivity contribution in [1.29, 1.82) is 0 Å². The molecule has 70 valence electrons. The van der Waals surface area contributed by atoms with E-state index in [0.29, 0.717) is 6.42 Å². The van der Waals surface area contributed by atoms with Crippen molar-refractivity contribution in [1.82, 2.24) is 0 Å². The highest BCUT2D eigenvalue weighted by Gasteiger charge is 2.31. The van der Waals surface area contributed by atoms with Crippen LogP contribution in [-0.4, -0.2) is 6.54 Å². The molecule has 0 fully saturated rings. The number of alkyl halides is 1. The molecule has 0 saturated carbocycles. The Morgan fingerprint density at radius 3 is 2.92 bits per heavy atom. The van der Waals surface area contributed by atoms with Crippen molar-refractivity contribution in [3.8, 4) is 0 Å². The number of para-hydroxylation sites is 1. The van der Waals surface area contributed by atoms with Gasteiger partial charge in [0.25, 0.3) is 0 Å². The number of hydrogen-bond donors (Lipinski definition) is 1. The Kier molecular flexibility index (Phi) is 1.79. The third-order valence-electron chi connectivity index (χ3n) is 2.73. The molecule has 0 bridgehead atoms. The fraction of sp³-hybridized carbons (Fsp3) is 0.455. The lowest BCUT2D eigenvalue weighted by atomic mass is 9.88. The quantitative estimate of drug-likeness (QED) is 0.645. The molecule has 2 heteroatoms. The lowest BCUT2D eigenvalue weighted by molar-refractivity contribution is 0.178. The van der Waals surface area contributed by atoms with E-state index in [4.69, 9.17) is 0 Å². The van der Waals surface area contributed by atoms with Gasteiger partial charge in [0.05, 0.1) is 0 Å². The average molecular weight is 179 g/mol. The maximum atomic E-state index is 14.0. The molecule has 0 saturated heterocycles. The zero-order valence-corrected chi connectivity index (χ0v) is 8.02. The van der Waals surface area contributed by atoms with Crippen LogP contribution >= 0.6 is 0 Å². The van der Waals surface area contributed by atoms with Gasteiger partial charge >= 0.3 is 0 Å². The minimum atomic E-state index is -1.16. The molecule has 0 spiro atoms. The van der Waals surface area contributed by atoms with E-state index in [1.165, 1.54) is 0 Å². The number of benzene rings is 1. The SMILES string of the molecule is Cc1cccc2c1NCCC2(C)F. The van der Waals surface area contributed by atoms with Crippen LogP contribution in [0.4, 0.5) is 10.1 Å². The summed E-state index contributed by atoms with van der Waals surface area (Å²) in [6.07, 6.45) is 0.559. The zero-order chi connectivity index (χ0) is 9.47. The predicted octanol–water partition coefficient (Wildman–Crippen LogP) is 3.00. The van der Waals surface area contributed by atoms with E-state index >= 15 is 0 Å². The van der Waals surface area contributed by atoms with Gasteiger partial charge in [0.15, 0.2) is 0 Å². The molecule has 13 heavy (non-hydrogen) atoms. The van der Waals surface area contributed by atoms with Crippen LogP contribution in [0.5, 0.6) is 0 Å². The minimum Gasteiger partial charge on any atom is -0.384 e. The summed E-state index contributed by atoms with van der Waals surface area (Å²) in [6, 6.07) is 5.79. The Bertz CT molecular complexity index is 331. The second kappa shape index (κ2) is 2.72. The Morgan fingerprint density at radius 1 is 1.46 bits per heavy atom. The molecule has 1 nitrogen and oxygen atoms in total. The van der Waals surface area contributed by atoms with E-state index in [1.807, 2.05) is 25.1 Å². The number of nitrogens with one attached hydrogen (secondary N) is 1. The summed E-state index contributed by atoms with van der Waals surface area (Å²) in [6.45, 7) is 4.39. The van der Waals surface area contributed by atoms with Crippen LogP contribution in [0.15, 0.2) is 18.2 Å². The van der Waals surface area contributed by atoms with Crippen molar-refractivity contribution in [2.24, 2.45) is 0 Å². The molecule has 0 amide bonds. The summed E-state index contributed by atoms with van der Waals surface area (Å²) < 4.78 is 14.0. The first-order valence-electron chi connectivity index (χ1n) is 4.64. The topological polar surface area (TPSA) is 12.0 Å². The van der Waals surface area contributed by atoms with Crippen LogP contribution < -0.4 is 5.32 Å². The molecule has 1 aromatic carbocycles. The second-order valence-electron chi connectivity index (χ2n) is 3.87. The molecule has 1 atom stereocenters. The number of anilines is 1. The molecule has 1 unspecified atom stereocenters. The highest BCUT2D eigenvalue weighted by Crippen LogP contribution is 2.39. The van der Waals surface area contributed by atoms with E-state index in [2.05, 4.69) is 5.32 Å². The highest BCUT2D eigenvalue weighted by molar-refractivity contribution is 5.60. The molecule has 2 rings (SSSR count). The third kappa shape index (κ3) is 1.30. The first-order valence-corrected chi connectivity index (χ1v) is 4.64. The van der Waals surface area contributed by atoms with Gasteiger partial charge in [-0.2, -0.15) is 0 Å². The number of fused-ring (bicyclic) bond motifs is 1. The van der Waals surface area contributed by atoms with Crippen LogP contribution in [-0.2, 0) is 5.67 Å². The van der Waals surface area contributed by atoms with Gasteiger partial charge in [0.1, 0.15) is 5.67 Å². The van der Waals surface area contributed by atoms with Gasteiger partial charge in [-0.25, -0.2) is 4.39 Å². The monoisotopic (exact) mass is 179 g/mol. The molecule has 0 radical (unpaired) electrons. The molecule has 1 heterocycles. The second-order valence-corrected chi connectivity index (χ2v) is 3.87. The molecular weight excluding hydrogens is 165 g/mol. The Hall–Kier alpha value is -1.05. The van der Waals surface area contributed by atoms with E-state index in [0.717, 1.165) is 23.4 Å². The van der Waals surface area contributed by atoms with Gasteiger partial charge in [0, 0.05) is 24.2 Å². The van der Waals surface area contributed by atoms with Crippen molar-refractivity contribution in [2.75, 3.05) is 11.9 Å². The summed E-state index contributed by atoms with van der Waals surface area (Å²) in [5, 5.41) is 3.25. The molecule has 1 aliphatic heterocycles. The number of aryl methyl sites for hydroxylation is 1. The summed E-state index contributed by atoms with van der Waals surface area (Å²) in [5.74, 6) is 0. The minimum absolute atomic E-state index is 0.559. The van der Waals surface area contributed by atoms with Crippen molar-refractivity contribution in [2.45, 2.75) is 25.9 Å². The van der Waals surface area contributed by atoms with E-state index in [1.54, 1.807) is 6.92 Å². The van der Waals surface area contributed by atoms with Crippen LogP contribution in [0, 0.1) is 6.92 Å². The van der Waals surface area contributed by atoms with Gasteiger partial charge < -0.3 is 5.32 Å². The largest absolute Gasteiger partial charge is 0.384 e. The Balaban J connectivity index is 2.58. The van der Waals surface area contributed by atoms with Crippen LogP contribution in [0.3, 0.4) is 0 Å². The molecule has 0 aromatic heterocycles. The van der Waals surface area contributed by atoms with Gasteiger partial charge in [0.2, 0.25) is 0 Å². The van der Waals surface area contributed by atoms with Crippen molar-refractivity contribution in [3.05, 3.63) is 29.3 Å². The number of rotatable bonds is 0. The number of hydrogen-bond acceptors (Lipinski definition) is 1. The summed E-state index contributed by atoms with van der Waals surface area (Å²) in [7, 11) is 0. The maximum Gasteiger partial charge on any atom is 0.136 e. The van der Waals surface area contributed by atoms with E-state index in [-0.39, 0.29) is 0 Å². The first kappa shape index (κ1) is 8.54. The first-order chi connectivity index (χ1) is 6.11. The average Bonchev–Trinajstić information content (AvgIpc) is 2.06. The van der Waals surface area contributed by atoms with Gasteiger partial charge in [-0.15, -0.1) is 0 Å². The third-order valence-corrected chi connectivity index (χ3v) is 2.73. The summed E-state index contributed by atoms with van der Waals surface area (Å²) >= 11 is 0. The van der Waals surface area contributed by atoms with Crippen molar-refractivity contribution < 1.29 is 4.39 Å². The fourth-order valence-electron chi connectivity index (χ4n) is 1.89. The van der Waals surface area contributed by atoms with Crippen molar-refractivity contribution >= 4 is 5.69 Å². The van der Waals surface area contributed by atoms with E-state index in [9.17, 15) is 4.39 Å². The molecule has 1 aromatic rings.